The molecule has 4 rings (SSSR count). The van der Waals surface area contributed by atoms with Crippen LogP contribution in [0.5, 0.6) is 11.5 Å². The van der Waals surface area contributed by atoms with E-state index in [9.17, 15) is 5.11 Å². The van der Waals surface area contributed by atoms with Crippen LogP contribution in [-0.4, -0.2) is 70.2 Å². The van der Waals surface area contributed by atoms with Crippen LogP contribution in [0.4, 0.5) is 0 Å². The van der Waals surface area contributed by atoms with E-state index in [1.165, 1.54) is 0 Å². The summed E-state index contributed by atoms with van der Waals surface area (Å²) in [6.45, 7) is 2.70. The maximum absolute atomic E-state index is 9.71. The number of ether oxygens (including phenoxy) is 2. The van der Waals surface area contributed by atoms with Gasteiger partial charge in [0, 0.05) is 50.2 Å². The zero-order valence-electron chi connectivity index (χ0n) is 14.9. The molecule has 3 heterocycles. The minimum Gasteiger partial charge on any atom is -0.508 e. The topological polar surface area (TPSA) is 80.0 Å². The van der Waals surface area contributed by atoms with Gasteiger partial charge in [0.05, 0.1) is 25.4 Å². The first-order valence-corrected chi connectivity index (χ1v) is 9.06. The number of benzene rings is 1. The van der Waals surface area contributed by atoms with Crippen LogP contribution in [0.1, 0.15) is 18.9 Å². The third-order valence-electron chi connectivity index (χ3n) is 5.41. The van der Waals surface area contributed by atoms with Crippen molar-refractivity contribution in [2.45, 2.75) is 31.0 Å². The van der Waals surface area contributed by atoms with E-state index in [4.69, 9.17) is 14.6 Å². The number of fused-ring (bicyclic) bond motifs is 1. The minimum absolute atomic E-state index is 0.120. The number of phenolic OH excluding ortho intramolecular Hbond substituents is 1. The number of aliphatic hydroxyl groups is 1. The van der Waals surface area contributed by atoms with Crippen LogP contribution in [0.15, 0.2) is 30.6 Å². The number of hydrogen-bond donors (Lipinski definition) is 2. The fourth-order valence-corrected chi connectivity index (χ4v) is 4.12. The van der Waals surface area contributed by atoms with Crippen molar-refractivity contribution < 1.29 is 19.7 Å². The molecule has 0 spiro atoms. The molecule has 2 aliphatic rings. The number of morpholine rings is 1. The van der Waals surface area contributed by atoms with Crippen LogP contribution in [0, 0.1) is 0 Å². The van der Waals surface area contributed by atoms with Crippen LogP contribution in [0.2, 0.25) is 0 Å². The Morgan fingerprint density at radius 2 is 2.19 bits per heavy atom. The van der Waals surface area contributed by atoms with Crippen LogP contribution in [-0.2, 0) is 4.74 Å². The smallest absolute Gasteiger partial charge is 0.143 e. The molecule has 2 N–H and O–H groups in total. The lowest BCUT2D eigenvalue weighted by Gasteiger charge is -2.34. The second-order valence-electron chi connectivity index (χ2n) is 7.01. The number of hydrogen-bond acceptors (Lipinski definition) is 6. The largest absolute Gasteiger partial charge is 0.508 e. The second kappa shape index (κ2) is 7.26. The van der Waals surface area contributed by atoms with E-state index in [-0.39, 0.29) is 18.5 Å². The molecule has 2 fully saturated rings. The Morgan fingerprint density at radius 3 is 3.00 bits per heavy atom. The number of aromatic hydroxyl groups is 1. The maximum atomic E-state index is 9.71. The Balaban J connectivity index is 1.57. The summed E-state index contributed by atoms with van der Waals surface area (Å²) in [5.41, 5.74) is 0.870. The summed E-state index contributed by atoms with van der Waals surface area (Å²) < 4.78 is 13.5. The third-order valence-corrected chi connectivity index (χ3v) is 5.41. The van der Waals surface area contributed by atoms with Crippen molar-refractivity contribution in [1.82, 2.24) is 14.5 Å². The first-order valence-electron chi connectivity index (χ1n) is 9.06. The van der Waals surface area contributed by atoms with Crippen molar-refractivity contribution in [3.63, 3.8) is 0 Å². The van der Waals surface area contributed by atoms with E-state index < -0.39 is 0 Å². The quantitative estimate of drug-likeness (QED) is 0.845. The van der Waals surface area contributed by atoms with Gasteiger partial charge in [0.2, 0.25) is 0 Å². The highest BCUT2D eigenvalue weighted by Gasteiger charge is 2.38. The SMILES string of the molecule is COc1cc(O)ccc1-c1nccn1[C@H]1C[C@H]2CO[C@@H](CCO)CN2C1. The van der Waals surface area contributed by atoms with Gasteiger partial charge in [-0.25, -0.2) is 4.98 Å². The number of aromatic nitrogens is 2. The lowest BCUT2D eigenvalue weighted by Crippen LogP contribution is -2.46. The van der Waals surface area contributed by atoms with Gasteiger partial charge >= 0.3 is 0 Å². The van der Waals surface area contributed by atoms with Crippen LogP contribution < -0.4 is 4.74 Å². The lowest BCUT2D eigenvalue weighted by molar-refractivity contribution is -0.0567. The highest BCUT2D eigenvalue weighted by Crippen LogP contribution is 2.37. The molecule has 140 valence electrons. The van der Waals surface area contributed by atoms with Gasteiger partial charge in [0.25, 0.3) is 0 Å². The molecule has 0 amide bonds. The van der Waals surface area contributed by atoms with Gasteiger partial charge in [-0.3, -0.25) is 4.90 Å². The summed E-state index contributed by atoms with van der Waals surface area (Å²) in [4.78, 5) is 7.01. The zero-order valence-corrected chi connectivity index (χ0v) is 14.9. The number of phenols is 1. The molecule has 26 heavy (non-hydrogen) atoms. The maximum Gasteiger partial charge on any atom is 0.143 e. The molecular weight excluding hydrogens is 334 g/mol. The summed E-state index contributed by atoms with van der Waals surface area (Å²) in [5.74, 6) is 1.63. The number of imidazole rings is 1. The molecule has 3 atom stereocenters. The monoisotopic (exact) mass is 359 g/mol. The van der Waals surface area contributed by atoms with Crippen molar-refractivity contribution in [3.8, 4) is 22.9 Å². The van der Waals surface area contributed by atoms with Gasteiger partial charge in [0.15, 0.2) is 0 Å². The van der Waals surface area contributed by atoms with Gasteiger partial charge in [-0.05, 0) is 25.0 Å². The van der Waals surface area contributed by atoms with Crippen LogP contribution in [0.25, 0.3) is 11.4 Å². The number of aliphatic hydroxyl groups excluding tert-OH is 1. The van der Waals surface area contributed by atoms with E-state index in [0.29, 0.717) is 30.9 Å². The fraction of sp³-hybridized carbons (Fsp3) is 0.526. The normalized spacial score (nSPS) is 26.0. The van der Waals surface area contributed by atoms with Crippen molar-refractivity contribution in [3.05, 3.63) is 30.6 Å². The van der Waals surface area contributed by atoms with E-state index in [1.54, 1.807) is 19.2 Å². The van der Waals surface area contributed by atoms with Gasteiger partial charge in [-0.2, -0.15) is 0 Å². The molecule has 7 heteroatoms. The average Bonchev–Trinajstić information content (AvgIpc) is 3.27. The summed E-state index contributed by atoms with van der Waals surface area (Å²) in [6, 6.07) is 5.83. The summed E-state index contributed by atoms with van der Waals surface area (Å²) in [7, 11) is 1.60. The number of methoxy groups -OCH3 is 1. The van der Waals surface area contributed by atoms with Crippen molar-refractivity contribution in [2.75, 3.05) is 33.4 Å². The fourth-order valence-electron chi connectivity index (χ4n) is 4.12. The van der Waals surface area contributed by atoms with Gasteiger partial charge in [0.1, 0.15) is 17.3 Å². The highest BCUT2D eigenvalue weighted by atomic mass is 16.5. The molecule has 2 aliphatic heterocycles. The Labute approximate surface area is 152 Å². The Morgan fingerprint density at radius 1 is 1.31 bits per heavy atom. The number of rotatable bonds is 5. The van der Waals surface area contributed by atoms with Gasteiger partial charge < -0.3 is 24.3 Å². The predicted octanol–water partition coefficient (Wildman–Crippen LogP) is 1.66. The zero-order chi connectivity index (χ0) is 18.1. The molecule has 0 bridgehead atoms. The van der Waals surface area contributed by atoms with Crippen LogP contribution >= 0.6 is 0 Å². The third kappa shape index (κ3) is 3.18. The molecule has 0 saturated carbocycles. The van der Waals surface area contributed by atoms with Gasteiger partial charge in [-0.15, -0.1) is 0 Å². The van der Waals surface area contributed by atoms with Crippen molar-refractivity contribution >= 4 is 0 Å². The summed E-state index contributed by atoms with van der Waals surface area (Å²) >= 11 is 0. The second-order valence-corrected chi connectivity index (χ2v) is 7.01. The molecule has 1 aromatic carbocycles. The highest BCUT2D eigenvalue weighted by molar-refractivity contribution is 5.66. The van der Waals surface area contributed by atoms with E-state index in [0.717, 1.165) is 30.9 Å². The molecule has 0 radical (unpaired) electrons. The molecule has 2 aromatic rings. The molecule has 7 nitrogen and oxygen atoms in total. The Kier molecular flexibility index (Phi) is 4.84. The first kappa shape index (κ1) is 17.3. The Bertz CT molecular complexity index is 763. The first-order chi connectivity index (χ1) is 12.7. The predicted molar refractivity (Wildman–Crippen MR) is 96.3 cm³/mol. The summed E-state index contributed by atoms with van der Waals surface area (Å²) in [6.07, 6.45) is 5.64. The standard InChI is InChI=1S/C19H25N3O4/c1-25-18-9-15(24)2-3-17(18)19-20-5-6-22(19)13-8-14-12-26-16(4-7-23)11-21(14)10-13/h2-3,5-6,9,13-14,16,23-24H,4,7-8,10-12H2,1H3/t13-,14-,16-/m0/s1. The lowest BCUT2D eigenvalue weighted by atomic mass is 10.1. The average molecular weight is 359 g/mol. The summed E-state index contributed by atoms with van der Waals surface area (Å²) in [5, 5.41) is 18.9. The Hall–Kier alpha value is -2.09. The molecular formula is C19H25N3O4. The molecule has 1 aromatic heterocycles. The molecule has 0 unspecified atom stereocenters. The van der Waals surface area contributed by atoms with E-state index in [1.807, 2.05) is 18.5 Å². The molecule has 2 saturated heterocycles. The minimum atomic E-state index is 0.120. The van der Waals surface area contributed by atoms with Crippen molar-refractivity contribution in [1.29, 1.82) is 0 Å². The van der Waals surface area contributed by atoms with Crippen molar-refractivity contribution in [2.24, 2.45) is 0 Å². The number of nitrogens with zero attached hydrogens (tertiary/aromatic N) is 3. The van der Waals surface area contributed by atoms with E-state index in [2.05, 4.69) is 14.5 Å². The van der Waals surface area contributed by atoms with Gasteiger partial charge in [-0.1, -0.05) is 0 Å². The van der Waals surface area contributed by atoms with Crippen LogP contribution in [0.3, 0.4) is 0 Å². The van der Waals surface area contributed by atoms with E-state index >= 15 is 0 Å². The molecule has 0 aliphatic carbocycles.